The molecule has 0 saturated carbocycles. The summed E-state index contributed by atoms with van der Waals surface area (Å²) < 4.78 is 1.90. The molecule has 4 rings (SSSR count). The van der Waals surface area contributed by atoms with Crippen molar-refractivity contribution >= 4 is 34.4 Å². The summed E-state index contributed by atoms with van der Waals surface area (Å²) in [7, 11) is 0. The lowest BCUT2D eigenvalue weighted by atomic mass is 9.94. The summed E-state index contributed by atoms with van der Waals surface area (Å²) in [5.74, 6) is 2.45. The Morgan fingerprint density at radius 2 is 1.88 bits per heavy atom. The van der Waals surface area contributed by atoms with Gasteiger partial charge in [-0.15, -0.1) is 11.6 Å². The number of hydrogen-bond acceptors (Lipinski definition) is 5. The average Bonchev–Trinajstić information content (AvgIpc) is 3.13. The van der Waals surface area contributed by atoms with Gasteiger partial charge in [0.1, 0.15) is 11.6 Å². The summed E-state index contributed by atoms with van der Waals surface area (Å²) in [6, 6.07) is 10.1. The Morgan fingerprint density at radius 1 is 1.12 bits per heavy atom. The standard InChI is InChI=1S/C26H35ClN6O/c1-5-10-19(2)22-29-23(21-17-28-33(24(21)30-22)20-11-7-6-8-12-20)31-13-9-14-32(16-15-31)25(34)26(3,4)18-27/h6-8,11-12,17,19H,5,9-10,13-16,18H2,1-4H3/t19-/m0/s1. The van der Waals surface area contributed by atoms with Crippen molar-refractivity contribution < 1.29 is 4.79 Å². The summed E-state index contributed by atoms with van der Waals surface area (Å²) in [4.78, 5) is 27.3. The SMILES string of the molecule is CCC[C@H](C)c1nc(N2CCCN(C(=O)C(C)(C)CCl)CC2)c2cnn(-c3ccccc3)c2n1. The number of anilines is 1. The molecule has 1 aromatic carbocycles. The van der Waals surface area contributed by atoms with Crippen molar-refractivity contribution in [3.8, 4) is 5.69 Å². The highest BCUT2D eigenvalue weighted by Gasteiger charge is 2.32. The lowest BCUT2D eigenvalue weighted by Crippen LogP contribution is -2.43. The fourth-order valence-corrected chi connectivity index (χ4v) is 4.62. The van der Waals surface area contributed by atoms with E-state index in [2.05, 4.69) is 23.8 Å². The molecule has 0 bridgehead atoms. The van der Waals surface area contributed by atoms with E-state index in [1.54, 1.807) is 0 Å². The van der Waals surface area contributed by atoms with Gasteiger partial charge in [0.15, 0.2) is 5.65 Å². The van der Waals surface area contributed by atoms with Crippen molar-refractivity contribution in [2.45, 2.75) is 52.9 Å². The number of halogens is 1. The molecule has 7 nitrogen and oxygen atoms in total. The zero-order chi connectivity index (χ0) is 24.3. The third-order valence-electron chi connectivity index (χ3n) is 6.58. The Balaban J connectivity index is 1.71. The number of alkyl halides is 1. The number of fused-ring (bicyclic) bond motifs is 1. The second kappa shape index (κ2) is 10.3. The quantitative estimate of drug-likeness (QED) is 0.442. The number of aromatic nitrogens is 4. The molecule has 1 saturated heterocycles. The van der Waals surface area contributed by atoms with Crippen molar-refractivity contribution in [1.82, 2.24) is 24.6 Å². The van der Waals surface area contributed by atoms with Gasteiger partial charge in [-0.05, 0) is 38.8 Å². The lowest BCUT2D eigenvalue weighted by molar-refractivity contribution is -0.139. The second-order valence-corrected chi connectivity index (χ2v) is 10.1. The summed E-state index contributed by atoms with van der Waals surface area (Å²) in [6.45, 7) is 11.1. The van der Waals surface area contributed by atoms with Gasteiger partial charge in [-0.3, -0.25) is 4.79 Å². The van der Waals surface area contributed by atoms with E-state index in [4.69, 9.17) is 21.6 Å². The van der Waals surface area contributed by atoms with Gasteiger partial charge in [-0.25, -0.2) is 14.6 Å². The maximum Gasteiger partial charge on any atom is 0.229 e. The molecule has 182 valence electrons. The van der Waals surface area contributed by atoms with Crippen LogP contribution in [0, 0.1) is 5.41 Å². The number of rotatable bonds is 7. The number of carbonyl (C=O) groups excluding carboxylic acids is 1. The van der Waals surface area contributed by atoms with Crippen molar-refractivity contribution in [2.75, 3.05) is 37.0 Å². The van der Waals surface area contributed by atoms with Crippen molar-refractivity contribution in [3.05, 3.63) is 42.4 Å². The van der Waals surface area contributed by atoms with E-state index in [1.165, 1.54) is 0 Å². The molecule has 1 atom stereocenters. The number of hydrogen-bond donors (Lipinski definition) is 0. The number of carbonyl (C=O) groups is 1. The highest BCUT2D eigenvalue weighted by atomic mass is 35.5. The largest absolute Gasteiger partial charge is 0.354 e. The minimum atomic E-state index is -0.557. The van der Waals surface area contributed by atoms with Crippen LogP contribution in [0.1, 0.15) is 58.7 Å². The highest BCUT2D eigenvalue weighted by molar-refractivity contribution is 6.19. The molecule has 0 unspecified atom stereocenters. The fourth-order valence-electron chi connectivity index (χ4n) is 4.51. The van der Waals surface area contributed by atoms with Gasteiger partial charge >= 0.3 is 0 Å². The van der Waals surface area contributed by atoms with Crippen LogP contribution in [0.25, 0.3) is 16.7 Å². The van der Waals surface area contributed by atoms with Crippen LogP contribution in [-0.2, 0) is 4.79 Å². The van der Waals surface area contributed by atoms with Crippen molar-refractivity contribution in [1.29, 1.82) is 0 Å². The minimum absolute atomic E-state index is 0.117. The molecule has 0 N–H and O–H groups in total. The topological polar surface area (TPSA) is 67.2 Å². The van der Waals surface area contributed by atoms with E-state index in [0.29, 0.717) is 19.0 Å². The fraction of sp³-hybridized carbons (Fsp3) is 0.538. The molecule has 2 aromatic heterocycles. The Hall–Kier alpha value is -2.67. The number of para-hydroxylation sites is 1. The van der Waals surface area contributed by atoms with E-state index in [0.717, 1.165) is 60.7 Å². The van der Waals surface area contributed by atoms with E-state index in [-0.39, 0.29) is 11.8 Å². The van der Waals surface area contributed by atoms with E-state index in [1.807, 2.05) is 60.0 Å². The first-order chi connectivity index (χ1) is 16.4. The Kier molecular flexibility index (Phi) is 7.41. The van der Waals surface area contributed by atoms with Gasteiger partial charge in [0, 0.05) is 38.0 Å². The zero-order valence-corrected chi connectivity index (χ0v) is 21.4. The Labute approximate surface area is 207 Å². The highest BCUT2D eigenvalue weighted by Crippen LogP contribution is 2.30. The summed E-state index contributed by atoms with van der Waals surface area (Å²) in [5.41, 5.74) is 1.25. The van der Waals surface area contributed by atoms with Crippen LogP contribution >= 0.6 is 11.6 Å². The summed E-state index contributed by atoms with van der Waals surface area (Å²) in [5, 5.41) is 5.63. The monoisotopic (exact) mass is 482 g/mol. The molecular formula is C26H35ClN6O. The predicted octanol–water partition coefficient (Wildman–Crippen LogP) is 5.02. The van der Waals surface area contributed by atoms with E-state index >= 15 is 0 Å². The molecule has 0 spiro atoms. The second-order valence-electron chi connectivity index (χ2n) is 9.87. The average molecular weight is 483 g/mol. The van der Waals surface area contributed by atoms with Crippen LogP contribution in [0.2, 0.25) is 0 Å². The maximum atomic E-state index is 13.0. The molecule has 0 radical (unpaired) electrons. The minimum Gasteiger partial charge on any atom is -0.354 e. The molecule has 34 heavy (non-hydrogen) atoms. The Morgan fingerprint density at radius 3 is 2.59 bits per heavy atom. The molecule has 1 fully saturated rings. The molecular weight excluding hydrogens is 448 g/mol. The summed E-state index contributed by atoms with van der Waals surface area (Å²) in [6.07, 6.45) is 4.85. The van der Waals surface area contributed by atoms with Gasteiger partial charge in [-0.2, -0.15) is 5.10 Å². The van der Waals surface area contributed by atoms with Gasteiger partial charge in [-0.1, -0.05) is 38.5 Å². The van der Waals surface area contributed by atoms with Crippen LogP contribution in [-0.4, -0.2) is 62.6 Å². The molecule has 8 heteroatoms. The number of nitrogens with zero attached hydrogens (tertiary/aromatic N) is 6. The van der Waals surface area contributed by atoms with E-state index in [9.17, 15) is 4.79 Å². The lowest BCUT2D eigenvalue weighted by Gasteiger charge is -2.30. The van der Waals surface area contributed by atoms with Crippen LogP contribution in [0.5, 0.6) is 0 Å². The van der Waals surface area contributed by atoms with Crippen LogP contribution < -0.4 is 4.90 Å². The third-order valence-corrected chi connectivity index (χ3v) is 7.25. The van der Waals surface area contributed by atoms with Gasteiger partial charge in [0.05, 0.1) is 22.7 Å². The Bertz CT molecular complexity index is 1130. The third kappa shape index (κ3) is 4.90. The van der Waals surface area contributed by atoms with Crippen LogP contribution in [0.4, 0.5) is 5.82 Å². The predicted molar refractivity (Wildman–Crippen MR) is 138 cm³/mol. The molecule has 1 aliphatic heterocycles. The van der Waals surface area contributed by atoms with Gasteiger partial charge in [0.2, 0.25) is 5.91 Å². The maximum absolute atomic E-state index is 13.0. The zero-order valence-electron chi connectivity index (χ0n) is 20.7. The van der Waals surface area contributed by atoms with Crippen molar-refractivity contribution in [2.24, 2.45) is 5.41 Å². The number of amides is 1. The molecule has 0 aliphatic carbocycles. The molecule has 1 aliphatic rings. The number of benzene rings is 1. The molecule has 3 heterocycles. The van der Waals surface area contributed by atoms with Gasteiger partial charge in [0.25, 0.3) is 0 Å². The van der Waals surface area contributed by atoms with Crippen LogP contribution in [0.15, 0.2) is 36.5 Å². The first-order valence-electron chi connectivity index (χ1n) is 12.3. The first kappa shape index (κ1) is 24.5. The van der Waals surface area contributed by atoms with E-state index < -0.39 is 5.41 Å². The molecule has 1 amide bonds. The summed E-state index contributed by atoms with van der Waals surface area (Å²) >= 11 is 6.08. The first-order valence-corrected chi connectivity index (χ1v) is 12.8. The normalized spacial score (nSPS) is 16.0. The van der Waals surface area contributed by atoms with Crippen LogP contribution in [0.3, 0.4) is 0 Å². The molecule has 3 aromatic rings. The van der Waals surface area contributed by atoms with Gasteiger partial charge < -0.3 is 9.80 Å². The van der Waals surface area contributed by atoms with Crippen molar-refractivity contribution in [3.63, 3.8) is 0 Å². The smallest absolute Gasteiger partial charge is 0.229 e.